The summed E-state index contributed by atoms with van der Waals surface area (Å²) in [7, 11) is 0. The molecule has 1 aromatic rings. The van der Waals surface area contributed by atoms with Crippen LogP contribution in [0.3, 0.4) is 0 Å². The van der Waals surface area contributed by atoms with Crippen molar-refractivity contribution in [2.75, 3.05) is 0 Å². The van der Waals surface area contributed by atoms with Gasteiger partial charge in [0, 0.05) is 15.3 Å². The average molecular weight is 196 g/mol. The van der Waals surface area contributed by atoms with E-state index in [2.05, 4.69) is 0 Å². The number of aryl methyl sites for hydroxylation is 2. The Morgan fingerprint density at radius 2 is 2.15 bits per heavy atom. The lowest BCUT2D eigenvalue weighted by Crippen LogP contribution is -1.95. The highest BCUT2D eigenvalue weighted by atomic mass is 32.1. The van der Waals surface area contributed by atoms with Gasteiger partial charge in [-0.05, 0) is 38.5 Å². The topological polar surface area (TPSA) is 37.3 Å². The maximum atomic E-state index is 10.6. The Morgan fingerprint density at radius 3 is 2.54 bits per heavy atom. The molecule has 0 aliphatic rings. The Kier molecular flexibility index (Phi) is 2.88. The van der Waals surface area contributed by atoms with E-state index >= 15 is 0 Å². The van der Waals surface area contributed by atoms with Gasteiger partial charge in [-0.25, -0.2) is 4.79 Å². The van der Waals surface area contributed by atoms with Gasteiger partial charge < -0.3 is 5.11 Å². The second kappa shape index (κ2) is 3.75. The predicted octanol–water partition coefficient (Wildman–Crippen LogP) is 2.85. The number of thiophene rings is 1. The molecule has 1 N–H and O–H groups in total. The lowest BCUT2D eigenvalue weighted by molar-refractivity contribution is -0.132. The van der Waals surface area contributed by atoms with Crippen LogP contribution in [-0.2, 0) is 4.79 Å². The summed E-state index contributed by atoms with van der Waals surface area (Å²) in [4.78, 5) is 12.9. The lowest BCUT2D eigenvalue weighted by atomic mass is 10.1. The Balaban J connectivity index is 3.03. The Labute approximate surface area is 81.5 Å². The van der Waals surface area contributed by atoms with Gasteiger partial charge in [-0.1, -0.05) is 0 Å². The van der Waals surface area contributed by atoms with Crippen LogP contribution >= 0.6 is 11.3 Å². The Bertz CT molecular complexity index is 361. The summed E-state index contributed by atoms with van der Waals surface area (Å²) in [6, 6.07) is 2.01. The standard InChI is InChI=1S/C10H12O2S/c1-6(10(11)12)4-9-5-7(2)13-8(9)3/h4-5H,1-3H3,(H,11,12)/b6-4-. The zero-order valence-corrected chi connectivity index (χ0v) is 8.73. The molecule has 1 rings (SSSR count). The van der Waals surface area contributed by atoms with Crippen LogP contribution in [0.15, 0.2) is 11.6 Å². The van der Waals surface area contributed by atoms with E-state index in [1.165, 1.54) is 4.88 Å². The molecular weight excluding hydrogens is 184 g/mol. The van der Waals surface area contributed by atoms with Crippen molar-refractivity contribution in [2.24, 2.45) is 0 Å². The van der Waals surface area contributed by atoms with Gasteiger partial charge in [0.1, 0.15) is 0 Å². The molecule has 0 aromatic carbocycles. The van der Waals surface area contributed by atoms with Gasteiger partial charge in [0.2, 0.25) is 0 Å². The second-order valence-electron chi connectivity index (χ2n) is 3.00. The minimum atomic E-state index is -0.858. The van der Waals surface area contributed by atoms with E-state index in [9.17, 15) is 4.79 Å². The van der Waals surface area contributed by atoms with E-state index in [-0.39, 0.29) is 0 Å². The summed E-state index contributed by atoms with van der Waals surface area (Å²) in [5, 5.41) is 8.68. The molecule has 70 valence electrons. The molecule has 1 heterocycles. The SMILES string of the molecule is C/C(=C/c1cc(C)sc1C)C(=O)O. The first-order chi connectivity index (χ1) is 6.00. The second-order valence-corrected chi connectivity index (χ2v) is 4.46. The van der Waals surface area contributed by atoms with Gasteiger partial charge in [0.25, 0.3) is 0 Å². The van der Waals surface area contributed by atoms with Crippen LogP contribution in [0.4, 0.5) is 0 Å². The molecule has 0 bridgehead atoms. The normalized spacial score (nSPS) is 11.8. The van der Waals surface area contributed by atoms with Crippen molar-refractivity contribution in [1.29, 1.82) is 0 Å². The fourth-order valence-electron chi connectivity index (χ4n) is 1.09. The summed E-state index contributed by atoms with van der Waals surface area (Å²) in [5.41, 5.74) is 1.39. The lowest BCUT2D eigenvalue weighted by Gasteiger charge is -1.92. The van der Waals surface area contributed by atoms with E-state index < -0.39 is 5.97 Å². The van der Waals surface area contributed by atoms with Crippen molar-refractivity contribution in [3.8, 4) is 0 Å². The molecule has 0 radical (unpaired) electrons. The third kappa shape index (κ3) is 2.42. The van der Waals surface area contributed by atoms with Crippen LogP contribution in [0.2, 0.25) is 0 Å². The quantitative estimate of drug-likeness (QED) is 0.738. The number of carbonyl (C=O) groups is 1. The number of rotatable bonds is 2. The highest BCUT2D eigenvalue weighted by Crippen LogP contribution is 2.22. The van der Waals surface area contributed by atoms with Gasteiger partial charge in [-0.3, -0.25) is 0 Å². The molecule has 3 heteroatoms. The average Bonchev–Trinajstić information content (AvgIpc) is 2.30. The molecule has 0 unspecified atom stereocenters. The van der Waals surface area contributed by atoms with Gasteiger partial charge in [0.15, 0.2) is 0 Å². The summed E-state index contributed by atoms with van der Waals surface area (Å²) in [5.74, 6) is -0.858. The molecule has 1 aromatic heterocycles. The molecule has 0 fully saturated rings. The van der Waals surface area contributed by atoms with Crippen LogP contribution in [0.5, 0.6) is 0 Å². The number of hydrogen-bond acceptors (Lipinski definition) is 2. The number of hydrogen-bond donors (Lipinski definition) is 1. The molecule has 2 nitrogen and oxygen atoms in total. The van der Waals surface area contributed by atoms with E-state index in [1.807, 2.05) is 19.9 Å². The number of carboxylic acids is 1. The minimum Gasteiger partial charge on any atom is -0.478 e. The predicted molar refractivity (Wildman–Crippen MR) is 55.1 cm³/mol. The van der Waals surface area contributed by atoms with Crippen LogP contribution in [-0.4, -0.2) is 11.1 Å². The molecule has 0 atom stereocenters. The largest absolute Gasteiger partial charge is 0.478 e. The first kappa shape index (κ1) is 9.99. The van der Waals surface area contributed by atoms with Crippen molar-refractivity contribution in [3.63, 3.8) is 0 Å². The fourth-order valence-corrected chi connectivity index (χ4v) is 1.99. The Morgan fingerprint density at radius 1 is 1.54 bits per heavy atom. The molecule has 0 spiro atoms. The smallest absolute Gasteiger partial charge is 0.331 e. The molecule has 0 amide bonds. The summed E-state index contributed by atoms with van der Waals surface area (Å²) in [6.07, 6.45) is 1.71. The zero-order chi connectivity index (χ0) is 10.0. The first-order valence-electron chi connectivity index (χ1n) is 3.99. The monoisotopic (exact) mass is 196 g/mol. The van der Waals surface area contributed by atoms with Gasteiger partial charge in [-0.15, -0.1) is 11.3 Å². The molecular formula is C10H12O2S. The maximum absolute atomic E-state index is 10.6. The number of carboxylic acid groups (broad SMARTS) is 1. The Hall–Kier alpha value is -1.09. The highest BCUT2D eigenvalue weighted by molar-refractivity contribution is 7.12. The molecule has 0 aliphatic heterocycles. The van der Waals surface area contributed by atoms with Crippen molar-refractivity contribution >= 4 is 23.4 Å². The van der Waals surface area contributed by atoms with Crippen LogP contribution in [0.1, 0.15) is 22.2 Å². The molecule has 0 saturated heterocycles. The van der Waals surface area contributed by atoms with Gasteiger partial charge >= 0.3 is 5.97 Å². The van der Waals surface area contributed by atoms with Crippen LogP contribution < -0.4 is 0 Å². The van der Waals surface area contributed by atoms with E-state index in [0.717, 1.165) is 10.4 Å². The van der Waals surface area contributed by atoms with Crippen LogP contribution in [0, 0.1) is 13.8 Å². The minimum absolute atomic E-state index is 0.376. The van der Waals surface area contributed by atoms with Crippen molar-refractivity contribution in [3.05, 3.63) is 27.0 Å². The van der Waals surface area contributed by atoms with Crippen LogP contribution in [0.25, 0.3) is 6.08 Å². The van der Waals surface area contributed by atoms with E-state index in [1.54, 1.807) is 24.3 Å². The zero-order valence-electron chi connectivity index (χ0n) is 7.92. The molecule has 13 heavy (non-hydrogen) atoms. The molecule has 0 aliphatic carbocycles. The number of aliphatic carboxylic acids is 1. The summed E-state index contributed by atoms with van der Waals surface area (Å²) in [6.45, 7) is 5.62. The summed E-state index contributed by atoms with van der Waals surface area (Å²) < 4.78 is 0. The fraction of sp³-hybridized carbons (Fsp3) is 0.300. The summed E-state index contributed by atoms with van der Waals surface area (Å²) >= 11 is 1.69. The van der Waals surface area contributed by atoms with E-state index in [0.29, 0.717) is 5.57 Å². The van der Waals surface area contributed by atoms with Gasteiger partial charge in [0.05, 0.1) is 0 Å². The van der Waals surface area contributed by atoms with Crippen molar-refractivity contribution < 1.29 is 9.90 Å². The third-order valence-corrected chi connectivity index (χ3v) is 2.77. The van der Waals surface area contributed by atoms with Crippen molar-refractivity contribution in [1.82, 2.24) is 0 Å². The van der Waals surface area contributed by atoms with Crippen molar-refractivity contribution in [2.45, 2.75) is 20.8 Å². The maximum Gasteiger partial charge on any atom is 0.331 e. The van der Waals surface area contributed by atoms with Gasteiger partial charge in [-0.2, -0.15) is 0 Å². The third-order valence-electron chi connectivity index (χ3n) is 1.79. The highest BCUT2D eigenvalue weighted by Gasteiger charge is 2.03. The first-order valence-corrected chi connectivity index (χ1v) is 4.81. The van der Waals surface area contributed by atoms with E-state index in [4.69, 9.17) is 5.11 Å². The molecule has 0 saturated carbocycles.